The molecule has 0 bridgehead atoms. The average Bonchev–Trinajstić information content (AvgIpc) is 2.34. The van der Waals surface area contributed by atoms with Gasteiger partial charge in [0.1, 0.15) is 5.56 Å². The number of halogens is 7. The van der Waals surface area contributed by atoms with E-state index in [1.54, 1.807) is 0 Å². The van der Waals surface area contributed by atoms with Gasteiger partial charge in [0, 0.05) is 11.5 Å². The molecule has 0 fully saturated rings. The molecule has 0 spiro atoms. The molecule has 0 unspecified atom stereocenters. The molecule has 1 rings (SSSR count). The van der Waals surface area contributed by atoms with Crippen LogP contribution in [0.25, 0.3) is 0 Å². The fraction of sp³-hybridized carbons (Fsp3) is 0.455. The average molecular weight is 396 g/mol. The lowest BCUT2D eigenvalue weighted by atomic mass is 10.1. The van der Waals surface area contributed by atoms with E-state index in [0.717, 1.165) is 0 Å². The number of nitrogens with zero attached hydrogens (tertiary/aromatic N) is 1. The Balaban J connectivity index is 3.56. The predicted octanol–water partition coefficient (Wildman–Crippen LogP) is 4.07. The molecule has 0 aliphatic heterocycles. The quantitative estimate of drug-likeness (QED) is 0.438. The molecule has 0 amide bonds. The van der Waals surface area contributed by atoms with Crippen LogP contribution in [0.5, 0.6) is 5.88 Å². The molecule has 0 saturated carbocycles. The van der Waals surface area contributed by atoms with E-state index in [-0.39, 0.29) is 12.8 Å². The predicted molar refractivity (Wildman–Crippen MR) is 64.5 cm³/mol. The molecule has 1 aromatic rings. The first-order valence-corrected chi connectivity index (χ1v) is 6.71. The third-order valence-corrected chi connectivity index (χ3v) is 2.84. The maximum absolute atomic E-state index is 12.9. The molecule has 0 aliphatic carbocycles. The second kappa shape index (κ2) is 6.71. The van der Waals surface area contributed by atoms with Gasteiger partial charge in [0.05, 0.1) is 12.2 Å². The Hall–Kier alpha value is -1.52. The molecule has 4 nitrogen and oxygen atoms in total. The van der Waals surface area contributed by atoms with Crippen LogP contribution in [0, 0.1) is 0 Å². The van der Waals surface area contributed by atoms with Gasteiger partial charge < -0.3 is 9.47 Å². The van der Waals surface area contributed by atoms with Gasteiger partial charge in [-0.2, -0.15) is 13.2 Å². The lowest BCUT2D eigenvalue weighted by molar-refractivity contribution is -0.276. The van der Waals surface area contributed by atoms with Crippen LogP contribution in [-0.4, -0.2) is 23.9 Å². The summed E-state index contributed by atoms with van der Waals surface area (Å²) in [6, 6.07) is 0. The van der Waals surface area contributed by atoms with Crippen LogP contribution in [0.1, 0.15) is 28.4 Å². The Morgan fingerprint density at radius 3 is 2.27 bits per heavy atom. The Kier molecular flexibility index (Phi) is 5.65. The molecule has 0 atom stereocenters. The second-order valence-electron chi connectivity index (χ2n) is 3.73. The molecular formula is C11H8BrF6NO3. The maximum atomic E-state index is 12.9. The van der Waals surface area contributed by atoms with Crippen LogP contribution in [0.3, 0.4) is 0 Å². The van der Waals surface area contributed by atoms with Gasteiger partial charge in [-0.3, -0.25) is 0 Å². The van der Waals surface area contributed by atoms with Gasteiger partial charge in [0.15, 0.2) is 0 Å². The van der Waals surface area contributed by atoms with Crippen molar-refractivity contribution >= 4 is 21.9 Å². The van der Waals surface area contributed by atoms with Crippen molar-refractivity contribution in [1.82, 2.24) is 4.98 Å². The van der Waals surface area contributed by atoms with Gasteiger partial charge in [-0.25, -0.2) is 9.78 Å². The highest BCUT2D eigenvalue weighted by Crippen LogP contribution is 2.38. The number of rotatable bonds is 4. The number of hydrogen-bond acceptors (Lipinski definition) is 4. The Morgan fingerprint density at radius 1 is 1.27 bits per heavy atom. The van der Waals surface area contributed by atoms with Crippen molar-refractivity contribution in [3.63, 3.8) is 0 Å². The summed E-state index contributed by atoms with van der Waals surface area (Å²) in [7, 11) is 0. The summed E-state index contributed by atoms with van der Waals surface area (Å²) in [5.74, 6) is -2.69. The van der Waals surface area contributed by atoms with Crippen molar-refractivity contribution in [3.05, 3.63) is 22.9 Å². The number of hydrogen-bond donors (Lipinski definition) is 0. The van der Waals surface area contributed by atoms with E-state index in [1.165, 1.54) is 6.92 Å². The van der Waals surface area contributed by atoms with Crippen LogP contribution >= 0.6 is 15.9 Å². The van der Waals surface area contributed by atoms with E-state index in [2.05, 4.69) is 30.4 Å². The number of ether oxygens (including phenoxy) is 2. The van der Waals surface area contributed by atoms with Crippen molar-refractivity contribution in [2.24, 2.45) is 0 Å². The maximum Gasteiger partial charge on any atom is 0.574 e. The third-order valence-electron chi connectivity index (χ3n) is 2.28. The van der Waals surface area contributed by atoms with E-state index in [9.17, 15) is 31.1 Å². The SMILES string of the molecule is CCOC(=O)c1c(OC(F)(F)F)ncc(C(F)(F)F)c1CBr. The van der Waals surface area contributed by atoms with Gasteiger partial charge in [-0.05, 0) is 12.5 Å². The van der Waals surface area contributed by atoms with Gasteiger partial charge in [-0.1, -0.05) is 15.9 Å². The van der Waals surface area contributed by atoms with Gasteiger partial charge in [0.2, 0.25) is 5.88 Å². The molecule has 22 heavy (non-hydrogen) atoms. The van der Waals surface area contributed by atoms with Crippen molar-refractivity contribution in [1.29, 1.82) is 0 Å². The summed E-state index contributed by atoms with van der Waals surface area (Å²) < 4.78 is 83.4. The van der Waals surface area contributed by atoms with Gasteiger partial charge in [-0.15, -0.1) is 13.2 Å². The highest BCUT2D eigenvalue weighted by atomic mass is 79.9. The van der Waals surface area contributed by atoms with E-state index in [0.29, 0.717) is 0 Å². The van der Waals surface area contributed by atoms with Crippen molar-refractivity contribution in [2.75, 3.05) is 6.61 Å². The monoisotopic (exact) mass is 395 g/mol. The van der Waals surface area contributed by atoms with Crippen molar-refractivity contribution in [3.8, 4) is 5.88 Å². The Labute approximate surface area is 128 Å². The van der Waals surface area contributed by atoms with E-state index < -0.39 is 46.4 Å². The summed E-state index contributed by atoms with van der Waals surface area (Å²) in [5, 5.41) is -0.549. The van der Waals surface area contributed by atoms with Crippen molar-refractivity contribution < 1.29 is 40.6 Å². The molecule has 124 valence electrons. The van der Waals surface area contributed by atoms with Gasteiger partial charge in [0.25, 0.3) is 0 Å². The fourth-order valence-electron chi connectivity index (χ4n) is 1.51. The van der Waals surface area contributed by atoms with Crippen LogP contribution < -0.4 is 4.74 Å². The molecule has 0 aromatic carbocycles. The summed E-state index contributed by atoms with van der Waals surface area (Å²) in [6.45, 7) is 1.10. The van der Waals surface area contributed by atoms with E-state index >= 15 is 0 Å². The summed E-state index contributed by atoms with van der Waals surface area (Å²) >= 11 is 2.71. The highest BCUT2D eigenvalue weighted by Gasteiger charge is 2.40. The van der Waals surface area contributed by atoms with E-state index in [4.69, 9.17) is 0 Å². The summed E-state index contributed by atoms with van der Waals surface area (Å²) in [5.41, 5.74) is -3.13. The van der Waals surface area contributed by atoms with Gasteiger partial charge >= 0.3 is 18.5 Å². The fourth-order valence-corrected chi connectivity index (χ4v) is 2.10. The third kappa shape index (κ3) is 4.49. The first-order chi connectivity index (χ1) is 10.0. The zero-order chi connectivity index (χ0) is 17.1. The number of alkyl halides is 7. The lowest BCUT2D eigenvalue weighted by Crippen LogP contribution is -2.23. The van der Waals surface area contributed by atoms with Crippen LogP contribution in [-0.2, 0) is 16.2 Å². The zero-order valence-electron chi connectivity index (χ0n) is 10.8. The minimum Gasteiger partial charge on any atom is -0.462 e. The van der Waals surface area contributed by atoms with E-state index in [1.807, 2.05) is 0 Å². The number of carbonyl (C=O) groups excluding carboxylic acids is 1. The van der Waals surface area contributed by atoms with Crippen LogP contribution in [0.2, 0.25) is 0 Å². The lowest BCUT2D eigenvalue weighted by Gasteiger charge is -2.18. The highest BCUT2D eigenvalue weighted by molar-refractivity contribution is 9.08. The molecular weight excluding hydrogens is 388 g/mol. The summed E-state index contributed by atoms with van der Waals surface area (Å²) in [6.07, 6.45) is -9.97. The topological polar surface area (TPSA) is 48.4 Å². The number of carbonyl (C=O) groups is 1. The summed E-state index contributed by atoms with van der Waals surface area (Å²) in [4.78, 5) is 14.7. The van der Waals surface area contributed by atoms with Crippen LogP contribution in [0.4, 0.5) is 26.3 Å². The number of pyridine rings is 1. The first-order valence-electron chi connectivity index (χ1n) is 5.59. The second-order valence-corrected chi connectivity index (χ2v) is 4.29. The molecule has 1 heterocycles. The molecule has 11 heteroatoms. The number of esters is 1. The normalized spacial score (nSPS) is 12.2. The molecule has 1 aromatic heterocycles. The molecule has 0 radical (unpaired) electrons. The minimum absolute atomic E-state index is 0.167. The largest absolute Gasteiger partial charge is 0.574 e. The minimum atomic E-state index is -5.22. The van der Waals surface area contributed by atoms with Crippen LogP contribution in [0.15, 0.2) is 6.20 Å². The molecule has 0 aliphatic rings. The van der Waals surface area contributed by atoms with Crippen molar-refractivity contribution in [2.45, 2.75) is 24.8 Å². The smallest absolute Gasteiger partial charge is 0.462 e. The molecule has 0 saturated heterocycles. The Bertz CT molecular complexity index is 558. The Morgan fingerprint density at radius 2 is 1.86 bits per heavy atom. The molecule has 0 N–H and O–H groups in total. The zero-order valence-corrected chi connectivity index (χ0v) is 12.4. The first kappa shape index (κ1) is 18.5. The standard InChI is InChI=1S/C11H8BrF6NO3/c1-2-21-9(20)7-5(3-12)6(10(13,14)15)4-19-8(7)22-11(16,17)18/h4H,2-3H2,1H3. The number of aromatic nitrogens is 1.